The van der Waals surface area contributed by atoms with Crippen LogP contribution in [0.25, 0.3) is 0 Å². The Morgan fingerprint density at radius 3 is 3.20 bits per heavy atom. The molecule has 0 aliphatic carbocycles. The van der Waals surface area contributed by atoms with Gasteiger partial charge in [0, 0.05) is 18.1 Å². The van der Waals surface area contributed by atoms with Crippen LogP contribution in [0.2, 0.25) is 0 Å². The highest BCUT2D eigenvalue weighted by Gasteiger charge is 2.20. The van der Waals surface area contributed by atoms with Crippen molar-refractivity contribution in [3.63, 3.8) is 0 Å². The van der Waals surface area contributed by atoms with Crippen molar-refractivity contribution in [3.05, 3.63) is 16.6 Å². The third-order valence-electron chi connectivity index (χ3n) is 3.18. The zero-order valence-corrected chi connectivity index (χ0v) is 10.3. The fraction of sp³-hybridized carbons (Fsp3) is 0.727. The van der Waals surface area contributed by atoms with Crippen LogP contribution in [0.5, 0.6) is 0 Å². The van der Waals surface area contributed by atoms with E-state index in [4.69, 9.17) is 0 Å². The van der Waals surface area contributed by atoms with Gasteiger partial charge in [0.05, 0.1) is 6.04 Å². The predicted octanol–water partition coefficient (Wildman–Crippen LogP) is 1.75. The second kappa shape index (κ2) is 5.05. The van der Waals surface area contributed by atoms with Gasteiger partial charge in [0.1, 0.15) is 5.01 Å². The summed E-state index contributed by atoms with van der Waals surface area (Å²) in [5.41, 5.74) is 0. The minimum absolute atomic E-state index is 0.450. The van der Waals surface area contributed by atoms with Crippen LogP contribution in [-0.2, 0) is 0 Å². The fourth-order valence-electron chi connectivity index (χ4n) is 2.06. The molecule has 1 aromatic rings. The zero-order valence-electron chi connectivity index (χ0n) is 9.44. The van der Waals surface area contributed by atoms with Crippen LogP contribution < -0.4 is 5.32 Å². The van der Waals surface area contributed by atoms with Gasteiger partial charge in [-0.1, -0.05) is 0 Å². The van der Waals surface area contributed by atoms with Gasteiger partial charge in [-0.25, -0.2) is 4.98 Å². The molecule has 4 heteroatoms. The minimum Gasteiger partial charge on any atom is -0.316 e. The minimum atomic E-state index is 0.450. The van der Waals surface area contributed by atoms with Gasteiger partial charge < -0.3 is 5.32 Å². The van der Waals surface area contributed by atoms with Crippen molar-refractivity contribution in [2.45, 2.75) is 19.4 Å². The van der Waals surface area contributed by atoms with Crippen molar-refractivity contribution >= 4 is 11.3 Å². The summed E-state index contributed by atoms with van der Waals surface area (Å²) < 4.78 is 0. The molecule has 2 atom stereocenters. The number of nitrogens with one attached hydrogen (secondary N) is 1. The molecule has 0 radical (unpaired) electrons. The summed E-state index contributed by atoms with van der Waals surface area (Å²) in [7, 11) is 2.20. The Morgan fingerprint density at radius 1 is 1.73 bits per heavy atom. The second-order valence-corrected chi connectivity index (χ2v) is 5.27. The zero-order chi connectivity index (χ0) is 10.7. The molecule has 1 aliphatic rings. The molecule has 0 amide bonds. The summed E-state index contributed by atoms with van der Waals surface area (Å²) in [6.07, 6.45) is 3.20. The first-order valence-electron chi connectivity index (χ1n) is 5.57. The molecule has 84 valence electrons. The lowest BCUT2D eigenvalue weighted by Crippen LogP contribution is -2.29. The standard InChI is InChI=1S/C11H19N3S/c1-9(11-13-5-6-15-11)14(2)8-10-3-4-12-7-10/h5-6,9-10,12H,3-4,7-8H2,1-2H3/t9-,10-/m1/s1. The van der Waals surface area contributed by atoms with E-state index in [0.717, 1.165) is 5.92 Å². The second-order valence-electron chi connectivity index (χ2n) is 4.34. The topological polar surface area (TPSA) is 28.2 Å². The van der Waals surface area contributed by atoms with Crippen molar-refractivity contribution in [1.29, 1.82) is 0 Å². The quantitative estimate of drug-likeness (QED) is 0.846. The first-order valence-corrected chi connectivity index (χ1v) is 6.45. The average Bonchev–Trinajstić information content (AvgIpc) is 2.88. The summed E-state index contributed by atoms with van der Waals surface area (Å²) in [5.74, 6) is 0.817. The number of rotatable bonds is 4. The van der Waals surface area contributed by atoms with Gasteiger partial charge in [0.25, 0.3) is 0 Å². The molecular weight excluding hydrogens is 206 g/mol. The summed E-state index contributed by atoms with van der Waals surface area (Å²) >= 11 is 1.75. The Morgan fingerprint density at radius 2 is 2.60 bits per heavy atom. The number of aromatic nitrogens is 1. The van der Waals surface area contributed by atoms with Gasteiger partial charge in [0.2, 0.25) is 0 Å². The largest absolute Gasteiger partial charge is 0.316 e. The molecule has 3 nitrogen and oxygen atoms in total. The van der Waals surface area contributed by atoms with E-state index in [-0.39, 0.29) is 0 Å². The monoisotopic (exact) mass is 225 g/mol. The maximum atomic E-state index is 4.37. The summed E-state index contributed by atoms with van der Waals surface area (Å²) in [6.45, 7) is 5.77. The Labute approximate surface area is 95.5 Å². The van der Waals surface area contributed by atoms with E-state index in [2.05, 4.69) is 34.6 Å². The van der Waals surface area contributed by atoms with E-state index < -0.39 is 0 Å². The molecule has 2 heterocycles. The fourth-order valence-corrected chi connectivity index (χ4v) is 2.82. The first-order chi connectivity index (χ1) is 7.27. The molecule has 1 aliphatic heterocycles. The van der Waals surface area contributed by atoms with Crippen LogP contribution in [0.4, 0.5) is 0 Å². The van der Waals surface area contributed by atoms with Gasteiger partial charge in [-0.2, -0.15) is 0 Å². The predicted molar refractivity (Wildman–Crippen MR) is 64.1 cm³/mol. The van der Waals surface area contributed by atoms with Crippen LogP contribution in [0.3, 0.4) is 0 Å². The third kappa shape index (κ3) is 2.77. The Bertz CT molecular complexity index is 280. The van der Waals surface area contributed by atoms with E-state index in [1.54, 1.807) is 11.3 Å². The number of thiazole rings is 1. The molecular formula is C11H19N3S. The Balaban J connectivity index is 1.87. The van der Waals surface area contributed by atoms with Crippen LogP contribution in [0, 0.1) is 5.92 Å². The number of hydrogen-bond acceptors (Lipinski definition) is 4. The Kier molecular flexibility index (Phi) is 3.72. The van der Waals surface area contributed by atoms with Gasteiger partial charge in [-0.3, -0.25) is 4.90 Å². The van der Waals surface area contributed by atoms with Gasteiger partial charge in [0.15, 0.2) is 0 Å². The molecule has 0 saturated carbocycles. The molecule has 15 heavy (non-hydrogen) atoms. The highest BCUT2D eigenvalue weighted by atomic mass is 32.1. The van der Waals surface area contributed by atoms with Crippen molar-refractivity contribution in [3.8, 4) is 0 Å². The van der Waals surface area contributed by atoms with Crippen LogP contribution in [-0.4, -0.2) is 36.6 Å². The Hall–Kier alpha value is -0.450. The van der Waals surface area contributed by atoms with Gasteiger partial charge in [-0.05, 0) is 39.4 Å². The maximum absolute atomic E-state index is 4.37. The van der Waals surface area contributed by atoms with Gasteiger partial charge in [-0.15, -0.1) is 11.3 Å². The lowest BCUT2D eigenvalue weighted by molar-refractivity contribution is 0.226. The van der Waals surface area contributed by atoms with Crippen molar-refractivity contribution < 1.29 is 0 Å². The summed E-state index contributed by atoms with van der Waals surface area (Å²) in [5, 5.41) is 6.69. The number of hydrogen-bond donors (Lipinski definition) is 1. The highest BCUT2D eigenvalue weighted by molar-refractivity contribution is 7.09. The third-order valence-corrected chi connectivity index (χ3v) is 4.12. The lowest BCUT2D eigenvalue weighted by atomic mass is 10.1. The molecule has 1 aromatic heterocycles. The van der Waals surface area contributed by atoms with Crippen molar-refractivity contribution in [2.24, 2.45) is 5.92 Å². The summed E-state index contributed by atoms with van der Waals surface area (Å²) in [6, 6.07) is 0.450. The first kappa shape index (κ1) is 11.0. The van der Waals surface area contributed by atoms with Crippen LogP contribution in [0.1, 0.15) is 24.4 Å². The highest BCUT2D eigenvalue weighted by Crippen LogP contribution is 2.22. The maximum Gasteiger partial charge on any atom is 0.109 e. The molecule has 0 unspecified atom stereocenters. The molecule has 0 bridgehead atoms. The number of nitrogens with zero attached hydrogens (tertiary/aromatic N) is 2. The van der Waals surface area contributed by atoms with Gasteiger partial charge >= 0.3 is 0 Å². The lowest BCUT2D eigenvalue weighted by Gasteiger charge is -2.25. The van der Waals surface area contributed by atoms with E-state index >= 15 is 0 Å². The van der Waals surface area contributed by atoms with Crippen molar-refractivity contribution in [2.75, 3.05) is 26.7 Å². The van der Waals surface area contributed by atoms with E-state index in [1.807, 2.05) is 6.20 Å². The van der Waals surface area contributed by atoms with E-state index in [0.29, 0.717) is 6.04 Å². The van der Waals surface area contributed by atoms with Crippen LogP contribution >= 0.6 is 11.3 Å². The van der Waals surface area contributed by atoms with E-state index in [1.165, 1.54) is 31.1 Å². The molecule has 1 N–H and O–H groups in total. The normalized spacial score (nSPS) is 23.5. The molecule has 1 fully saturated rings. The summed E-state index contributed by atoms with van der Waals surface area (Å²) in [4.78, 5) is 6.79. The smallest absolute Gasteiger partial charge is 0.109 e. The molecule has 0 aromatic carbocycles. The average molecular weight is 225 g/mol. The molecule has 2 rings (SSSR count). The van der Waals surface area contributed by atoms with Crippen LogP contribution in [0.15, 0.2) is 11.6 Å². The van der Waals surface area contributed by atoms with Crippen molar-refractivity contribution in [1.82, 2.24) is 15.2 Å². The molecule has 0 spiro atoms. The molecule has 1 saturated heterocycles. The van der Waals surface area contributed by atoms with E-state index in [9.17, 15) is 0 Å². The SMILES string of the molecule is C[C@H](c1nccs1)N(C)C[C@@H]1CCNC1.